The zero-order valence-corrected chi connectivity index (χ0v) is 17.9. The molecule has 0 spiro atoms. The molecular formula is C24H31N3O3. The Labute approximate surface area is 178 Å². The smallest absolute Gasteiger partial charge is 0.224 e. The Morgan fingerprint density at radius 2 is 1.90 bits per heavy atom. The number of carbonyl (C=O) groups excluding carboxylic acids is 1. The van der Waals surface area contributed by atoms with Crippen LogP contribution in [0.1, 0.15) is 22.7 Å². The molecule has 1 atom stereocenters. The standard InChI is InChI=1S/C24H31N3O3/c1-26-10-9-20-16-19(5-8-22(20)26)23(27-11-13-30-14-12-27)17-25-24(28)15-18-3-6-21(29-2)7-4-18/h3-8,16,23H,9-15,17H2,1-2H3,(H,25,28)/t23-/m1/s1. The van der Waals surface area contributed by atoms with Crippen LogP contribution in [0, 0.1) is 0 Å². The number of benzene rings is 2. The lowest BCUT2D eigenvalue weighted by Crippen LogP contribution is -2.44. The number of ether oxygens (including phenoxy) is 2. The molecule has 2 aliphatic rings. The number of fused-ring (bicyclic) bond motifs is 1. The van der Waals surface area contributed by atoms with Crippen LogP contribution in [0.3, 0.4) is 0 Å². The minimum absolute atomic E-state index is 0.0410. The maximum Gasteiger partial charge on any atom is 0.224 e. The molecule has 0 radical (unpaired) electrons. The van der Waals surface area contributed by atoms with Gasteiger partial charge in [-0.15, -0.1) is 0 Å². The first-order valence-electron chi connectivity index (χ1n) is 10.7. The molecule has 2 aliphatic heterocycles. The highest BCUT2D eigenvalue weighted by Crippen LogP contribution is 2.31. The minimum atomic E-state index is 0.0410. The number of rotatable bonds is 7. The van der Waals surface area contributed by atoms with Crippen LogP contribution in [0.5, 0.6) is 5.75 Å². The van der Waals surface area contributed by atoms with E-state index in [0.29, 0.717) is 13.0 Å². The van der Waals surface area contributed by atoms with Crippen LogP contribution in [-0.4, -0.2) is 64.4 Å². The molecule has 1 N–H and O–H groups in total. The molecule has 1 saturated heterocycles. The summed E-state index contributed by atoms with van der Waals surface area (Å²) in [7, 11) is 3.79. The SMILES string of the molecule is COc1ccc(CC(=O)NC[C@H](c2ccc3c(c2)CCN3C)N2CCOCC2)cc1. The van der Waals surface area contributed by atoms with Crippen molar-refractivity contribution in [3.05, 3.63) is 59.2 Å². The van der Waals surface area contributed by atoms with Crippen molar-refractivity contribution in [3.63, 3.8) is 0 Å². The fourth-order valence-electron chi connectivity index (χ4n) is 4.34. The fraction of sp³-hybridized carbons (Fsp3) is 0.458. The Bertz CT molecular complexity index is 862. The van der Waals surface area contributed by atoms with E-state index in [4.69, 9.17) is 9.47 Å². The van der Waals surface area contributed by atoms with Crippen LogP contribution in [0.2, 0.25) is 0 Å². The number of anilines is 1. The zero-order valence-electron chi connectivity index (χ0n) is 17.9. The van der Waals surface area contributed by atoms with Crippen LogP contribution in [0.15, 0.2) is 42.5 Å². The van der Waals surface area contributed by atoms with E-state index in [2.05, 4.69) is 40.4 Å². The van der Waals surface area contributed by atoms with Gasteiger partial charge >= 0.3 is 0 Å². The molecule has 1 fully saturated rings. The molecule has 4 rings (SSSR count). The Morgan fingerprint density at radius 3 is 2.63 bits per heavy atom. The van der Waals surface area contributed by atoms with Gasteiger partial charge in [0.25, 0.3) is 0 Å². The number of morpholine rings is 1. The first-order chi connectivity index (χ1) is 14.6. The molecular weight excluding hydrogens is 378 g/mol. The predicted molar refractivity (Wildman–Crippen MR) is 118 cm³/mol. The topological polar surface area (TPSA) is 54.0 Å². The first kappa shape index (κ1) is 20.7. The molecule has 0 unspecified atom stereocenters. The number of nitrogens with one attached hydrogen (secondary N) is 1. The van der Waals surface area contributed by atoms with E-state index in [1.807, 2.05) is 24.3 Å². The van der Waals surface area contributed by atoms with Gasteiger partial charge in [-0.25, -0.2) is 0 Å². The lowest BCUT2D eigenvalue weighted by molar-refractivity contribution is -0.120. The zero-order chi connectivity index (χ0) is 20.9. The van der Waals surface area contributed by atoms with Crippen molar-refractivity contribution >= 4 is 11.6 Å². The van der Waals surface area contributed by atoms with Crippen molar-refractivity contribution in [1.29, 1.82) is 0 Å². The molecule has 6 heteroatoms. The summed E-state index contributed by atoms with van der Waals surface area (Å²) in [6, 6.07) is 14.6. The van der Waals surface area contributed by atoms with Gasteiger partial charge in [-0.1, -0.05) is 24.3 Å². The van der Waals surface area contributed by atoms with Gasteiger partial charge in [0.1, 0.15) is 5.75 Å². The normalized spacial score (nSPS) is 17.5. The summed E-state index contributed by atoms with van der Waals surface area (Å²) >= 11 is 0. The Kier molecular flexibility index (Phi) is 6.55. The summed E-state index contributed by atoms with van der Waals surface area (Å²) in [6.45, 7) is 4.92. The summed E-state index contributed by atoms with van der Waals surface area (Å²) in [5, 5.41) is 3.17. The minimum Gasteiger partial charge on any atom is -0.497 e. The Hall–Kier alpha value is -2.57. The molecule has 0 aliphatic carbocycles. The quantitative estimate of drug-likeness (QED) is 0.761. The summed E-state index contributed by atoms with van der Waals surface area (Å²) in [5.41, 5.74) is 4.98. The van der Waals surface area contributed by atoms with Crippen molar-refractivity contribution in [3.8, 4) is 5.75 Å². The number of likely N-dealkylation sites (N-methyl/N-ethyl adjacent to an activating group) is 1. The molecule has 2 heterocycles. The summed E-state index contributed by atoms with van der Waals surface area (Å²) in [5.74, 6) is 0.841. The molecule has 2 aromatic carbocycles. The predicted octanol–water partition coefficient (Wildman–Crippen LogP) is 2.42. The molecule has 0 aromatic heterocycles. The fourth-order valence-corrected chi connectivity index (χ4v) is 4.34. The second-order valence-electron chi connectivity index (χ2n) is 8.05. The van der Waals surface area contributed by atoms with Gasteiger partial charge < -0.3 is 19.7 Å². The maximum absolute atomic E-state index is 12.6. The lowest BCUT2D eigenvalue weighted by Gasteiger charge is -2.35. The first-order valence-corrected chi connectivity index (χ1v) is 10.7. The Balaban J connectivity index is 1.44. The second-order valence-corrected chi connectivity index (χ2v) is 8.05. The maximum atomic E-state index is 12.6. The number of methoxy groups -OCH3 is 1. The third-order valence-corrected chi connectivity index (χ3v) is 6.12. The van der Waals surface area contributed by atoms with Crippen molar-refractivity contribution < 1.29 is 14.3 Å². The Morgan fingerprint density at radius 1 is 1.13 bits per heavy atom. The average molecular weight is 410 g/mol. The van der Waals surface area contributed by atoms with E-state index in [-0.39, 0.29) is 11.9 Å². The molecule has 6 nitrogen and oxygen atoms in total. The van der Waals surface area contributed by atoms with Crippen LogP contribution < -0.4 is 15.0 Å². The molecule has 30 heavy (non-hydrogen) atoms. The third-order valence-electron chi connectivity index (χ3n) is 6.12. The van der Waals surface area contributed by atoms with E-state index in [0.717, 1.165) is 50.6 Å². The molecule has 160 valence electrons. The van der Waals surface area contributed by atoms with E-state index in [1.54, 1.807) is 7.11 Å². The molecule has 1 amide bonds. The number of hydrogen-bond acceptors (Lipinski definition) is 5. The molecule has 0 saturated carbocycles. The highest BCUT2D eigenvalue weighted by molar-refractivity contribution is 5.78. The van der Waals surface area contributed by atoms with Crippen molar-refractivity contribution in [2.24, 2.45) is 0 Å². The largest absolute Gasteiger partial charge is 0.497 e. The van der Waals surface area contributed by atoms with Gasteiger partial charge in [0, 0.05) is 38.9 Å². The number of amides is 1. The van der Waals surface area contributed by atoms with Crippen LogP contribution in [-0.2, 0) is 22.4 Å². The highest BCUT2D eigenvalue weighted by atomic mass is 16.5. The average Bonchev–Trinajstić information content (AvgIpc) is 3.15. The van der Waals surface area contributed by atoms with Gasteiger partial charge in [-0.3, -0.25) is 9.69 Å². The number of hydrogen-bond donors (Lipinski definition) is 1. The second kappa shape index (κ2) is 9.49. The summed E-state index contributed by atoms with van der Waals surface area (Å²) in [6.07, 6.45) is 1.45. The van der Waals surface area contributed by atoms with Crippen molar-refractivity contribution in [2.75, 3.05) is 58.5 Å². The van der Waals surface area contributed by atoms with Gasteiger partial charge in [0.15, 0.2) is 0 Å². The number of nitrogens with zero attached hydrogens (tertiary/aromatic N) is 2. The van der Waals surface area contributed by atoms with Gasteiger partial charge in [-0.2, -0.15) is 0 Å². The van der Waals surface area contributed by atoms with Crippen molar-refractivity contribution in [1.82, 2.24) is 10.2 Å². The number of carbonyl (C=O) groups is 1. The van der Waals surface area contributed by atoms with Crippen LogP contribution in [0.25, 0.3) is 0 Å². The van der Waals surface area contributed by atoms with E-state index in [1.165, 1.54) is 16.8 Å². The van der Waals surface area contributed by atoms with E-state index < -0.39 is 0 Å². The third kappa shape index (κ3) is 4.77. The van der Waals surface area contributed by atoms with Gasteiger partial charge in [-0.05, 0) is 41.3 Å². The molecule has 0 bridgehead atoms. The van der Waals surface area contributed by atoms with Crippen LogP contribution >= 0.6 is 0 Å². The monoisotopic (exact) mass is 409 g/mol. The molecule has 2 aromatic rings. The highest BCUT2D eigenvalue weighted by Gasteiger charge is 2.25. The van der Waals surface area contributed by atoms with E-state index >= 15 is 0 Å². The summed E-state index contributed by atoms with van der Waals surface area (Å²) < 4.78 is 10.7. The van der Waals surface area contributed by atoms with E-state index in [9.17, 15) is 4.79 Å². The van der Waals surface area contributed by atoms with Gasteiger partial charge in [0.2, 0.25) is 5.91 Å². The summed E-state index contributed by atoms with van der Waals surface area (Å²) in [4.78, 5) is 17.4. The van der Waals surface area contributed by atoms with Gasteiger partial charge in [0.05, 0.1) is 32.8 Å². The van der Waals surface area contributed by atoms with Crippen molar-refractivity contribution in [2.45, 2.75) is 18.9 Å². The van der Waals surface area contributed by atoms with Crippen LogP contribution in [0.4, 0.5) is 5.69 Å². The lowest BCUT2D eigenvalue weighted by atomic mass is 10.00.